The van der Waals surface area contributed by atoms with Crippen molar-refractivity contribution in [3.05, 3.63) is 54.5 Å². The number of carbonyl (C=O) groups is 1. The summed E-state index contributed by atoms with van der Waals surface area (Å²) in [5.41, 5.74) is 2.79. The van der Waals surface area contributed by atoms with Crippen LogP contribution in [0.25, 0.3) is 11.3 Å². The first-order valence-electron chi connectivity index (χ1n) is 12.8. The largest absolute Gasteiger partial charge is 0.392 e. The van der Waals surface area contributed by atoms with Crippen molar-refractivity contribution in [2.45, 2.75) is 58.1 Å². The maximum absolute atomic E-state index is 14.9. The number of aryl methyl sites for hydroxylation is 1. The minimum Gasteiger partial charge on any atom is -0.392 e. The van der Waals surface area contributed by atoms with Crippen LogP contribution in [0.5, 0.6) is 0 Å². The van der Waals surface area contributed by atoms with E-state index < -0.39 is 6.10 Å². The molecule has 3 heterocycles. The molecule has 1 aromatic carbocycles. The van der Waals surface area contributed by atoms with Gasteiger partial charge in [-0.15, -0.1) is 0 Å². The zero-order valence-corrected chi connectivity index (χ0v) is 21.1. The lowest BCUT2D eigenvalue weighted by molar-refractivity contribution is -0.0325. The van der Waals surface area contributed by atoms with Crippen LogP contribution in [0, 0.1) is 23.1 Å². The van der Waals surface area contributed by atoms with Crippen molar-refractivity contribution >= 4 is 11.7 Å². The monoisotopic (exact) mass is 494 g/mol. The second-order valence-electron chi connectivity index (χ2n) is 11.0. The van der Waals surface area contributed by atoms with E-state index in [9.17, 15) is 14.3 Å². The molecule has 8 nitrogen and oxygen atoms in total. The molecule has 3 N–H and O–H groups in total. The topological polar surface area (TPSA) is 97.0 Å². The molecule has 2 aliphatic rings. The first-order valence-corrected chi connectivity index (χ1v) is 12.8. The average molecular weight is 495 g/mol. The molecule has 9 heteroatoms. The van der Waals surface area contributed by atoms with Crippen molar-refractivity contribution < 1.29 is 14.3 Å². The summed E-state index contributed by atoms with van der Waals surface area (Å²) in [6.45, 7) is 4.96. The number of fused-ring (bicyclic) bond motifs is 3. The Balaban J connectivity index is 1.21. The SMILES string of the molecule is CC1CC(CCNC(=O)Nc2cnn(C)c2)C[C@@](C)(C(O)CC2c3c(F)cccc3-c3cncn32)C1. The molecule has 4 unspecified atom stereocenters. The first kappa shape index (κ1) is 24.5. The zero-order chi connectivity index (χ0) is 25.4. The molecule has 3 aromatic rings. The van der Waals surface area contributed by atoms with Crippen molar-refractivity contribution in [3.63, 3.8) is 0 Å². The summed E-state index contributed by atoms with van der Waals surface area (Å²) in [5, 5.41) is 21.3. The molecule has 0 bridgehead atoms. The standard InChI is InChI=1S/C27H35FN6O2/c1-17-9-18(7-8-30-26(36)32-19-13-31-33(3)15-19)12-27(2,11-17)24(35)10-22-25-20(5-4-6-21(25)28)23-14-29-16-34(22)23/h4-6,13-18,22,24,35H,7-12H2,1-3H3,(H2,30,32,36)/t17?,18?,22?,24?,27-/m0/s1. The number of anilines is 1. The van der Waals surface area contributed by atoms with E-state index in [2.05, 4.69) is 34.6 Å². The molecule has 0 radical (unpaired) electrons. The number of imidazole rings is 1. The molecular weight excluding hydrogens is 459 g/mol. The van der Waals surface area contributed by atoms with Gasteiger partial charge in [0.2, 0.25) is 0 Å². The van der Waals surface area contributed by atoms with E-state index >= 15 is 0 Å². The number of amides is 2. The fourth-order valence-electron chi connectivity index (χ4n) is 6.54. The van der Waals surface area contributed by atoms with Crippen LogP contribution in [0.15, 0.2) is 43.1 Å². The highest BCUT2D eigenvalue weighted by atomic mass is 19.1. The number of carbonyl (C=O) groups excluding carboxylic acids is 1. The Morgan fingerprint density at radius 3 is 2.94 bits per heavy atom. The third-order valence-electron chi connectivity index (χ3n) is 8.02. The average Bonchev–Trinajstić information content (AvgIpc) is 3.51. The number of rotatable bonds is 7. The highest BCUT2D eigenvalue weighted by molar-refractivity contribution is 5.88. The highest BCUT2D eigenvalue weighted by Gasteiger charge is 2.43. The van der Waals surface area contributed by atoms with E-state index in [-0.39, 0.29) is 23.3 Å². The van der Waals surface area contributed by atoms with Gasteiger partial charge in [0, 0.05) is 30.9 Å². The minimum atomic E-state index is -0.588. The van der Waals surface area contributed by atoms with Gasteiger partial charge in [-0.1, -0.05) is 26.0 Å². The molecule has 36 heavy (non-hydrogen) atoms. The van der Waals surface area contributed by atoms with Crippen molar-refractivity contribution in [2.24, 2.45) is 24.3 Å². The molecule has 5 rings (SSSR count). The van der Waals surface area contributed by atoms with Gasteiger partial charge >= 0.3 is 6.03 Å². The van der Waals surface area contributed by atoms with E-state index in [1.165, 1.54) is 6.07 Å². The van der Waals surface area contributed by atoms with Crippen LogP contribution in [0.2, 0.25) is 0 Å². The first-order chi connectivity index (χ1) is 17.2. The summed E-state index contributed by atoms with van der Waals surface area (Å²) in [6, 6.07) is 4.64. The number of urea groups is 1. The van der Waals surface area contributed by atoms with Crippen LogP contribution in [-0.4, -0.2) is 43.1 Å². The summed E-state index contributed by atoms with van der Waals surface area (Å²) in [5.74, 6) is 0.622. The summed E-state index contributed by atoms with van der Waals surface area (Å²) in [4.78, 5) is 16.5. The van der Waals surface area contributed by atoms with Crippen LogP contribution in [-0.2, 0) is 7.05 Å². The van der Waals surface area contributed by atoms with Crippen LogP contribution < -0.4 is 10.6 Å². The lowest BCUT2D eigenvalue weighted by atomic mass is 9.62. The van der Waals surface area contributed by atoms with Crippen molar-refractivity contribution in [3.8, 4) is 11.3 Å². The Labute approximate surface area is 210 Å². The van der Waals surface area contributed by atoms with Gasteiger partial charge in [0.05, 0.1) is 42.2 Å². The number of halogens is 1. The second-order valence-corrected chi connectivity index (χ2v) is 11.0. The number of aromatic nitrogens is 4. The third-order valence-corrected chi connectivity index (χ3v) is 8.02. The molecule has 192 valence electrons. The molecular formula is C27H35FN6O2. The van der Waals surface area contributed by atoms with Gasteiger partial charge in [-0.25, -0.2) is 14.2 Å². The number of aliphatic hydroxyl groups excluding tert-OH is 1. The Morgan fingerprint density at radius 2 is 2.17 bits per heavy atom. The van der Waals surface area contributed by atoms with Crippen LogP contribution in [0.4, 0.5) is 14.9 Å². The van der Waals surface area contributed by atoms with Gasteiger partial charge in [0.15, 0.2) is 0 Å². The Morgan fingerprint density at radius 1 is 1.33 bits per heavy atom. The molecule has 0 saturated heterocycles. The Hall–Kier alpha value is -3.20. The van der Waals surface area contributed by atoms with Crippen molar-refractivity contribution in [1.29, 1.82) is 0 Å². The lowest BCUT2D eigenvalue weighted by Gasteiger charge is -2.45. The van der Waals surface area contributed by atoms with Crippen molar-refractivity contribution in [2.75, 3.05) is 11.9 Å². The molecule has 5 atom stereocenters. The number of aliphatic hydroxyl groups is 1. The fourth-order valence-corrected chi connectivity index (χ4v) is 6.54. The quantitative estimate of drug-likeness (QED) is 0.442. The fraction of sp³-hybridized carbons (Fsp3) is 0.519. The lowest BCUT2D eigenvalue weighted by Crippen LogP contribution is -2.41. The maximum Gasteiger partial charge on any atom is 0.319 e. The van der Waals surface area contributed by atoms with Crippen molar-refractivity contribution in [1.82, 2.24) is 24.6 Å². The molecule has 2 aromatic heterocycles. The normalized spacial score (nSPS) is 25.8. The summed E-state index contributed by atoms with van der Waals surface area (Å²) < 4.78 is 18.5. The summed E-state index contributed by atoms with van der Waals surface area (Å²) >= 11 is 0. The molecule has 1 aliphatic carbocycles. The number of nitrogens with zero attached hydrogens (tertiary/aromatic N) is 4. The van der Waals surface area contributed by atoms with Gasteiger partial charge < -0.3 is 20.3 Å². The summed E-state index contributed by atoms with van der Waals surface area (Å²) in [7, 11) is 1.80. The number of nitrogens with one attached hydrogen (secondary N) is 2. The van der Waals surface area contributed by atoms with Gasteiger partial charge in [0.1, 0.15) is 5.82 Å². The molecule has 1 aliphatic heterocycles. The zero-order valence-electron chi connectivity index (χ0n) is 21.1. The molecule has 1 saturated carbocycles. The Kier molecular flexibility index (Phi) is 6.59. The highest BCUT2D eigenvalue weighted by Crippen LogP contribution is 2.49. The maximum atomic E-state index is 14.9. The number of hydrogen-bond acceptors (Lipinski definition) is 4. The van der Waals surface area contributed by atoms with Gasteiger partial charge in [-0.2, -0.15) is 5.10 Å². The van der Waals surface area contributed by atoms with E-state index in [4.69, 9.17) is 0 Å². The Bertz CT molecular complexity index is 1240. The molecule has 2 amide bonds. The predicted octanol–water partition coefficient (Wildman–Crippen LogP) is 4.73. The van der Waals surface area contributed by atoms with E-state index in [1.54, 1.807) is 42.7 Å². The van der Waals surface area contributed by atoms with E-state index in [0.29, 0.717) is 36.1 Å². The predicted molar refractivity (Wildman–Crippen MR) is 136 cm³/mol. The van der Waals surface area contributed by atoms with Gasteiger partial charge in [-0.05, 0) is 55.4 Å². The van der Waals surface area contributed by atoms with E-state index in [1.807, 2.05) is 10.6 Å². The molecule has 0 spiro atoms. The number of hydrogen-bond donors (Lipinski definition) is 3. The van der Waals surface area contributed by atoms with Gasteiger partial charge in [-0.3, -0.25) is 4.68 Å². The molecule has 1 fully saturated rings. The van der Waals surface area contributed by atoms with Crippen LogP contribution in [0.1, 0.15) is 57.6 Å². The third kappa shape index (κ3) is 4.76. The number of benzene rings is 1. The summed E-state index contributed by atoms with van der Waals surface area (Å²) in [6.07, 6.45) is 10.4. The minimum absolute atomic E-state index is 0.232. The second kappa shape index (κ2) is 9.69. The van der Waals surface area contributed by atoms with Gasteiger partial charge in [0.25, 0.3) is 0 Å². The van der Waals surface area contributed by atoms with Crippen LogP contribution in [0.3, 0.4) is 0 Å². The van der Waals surface area contributed by atoms with E-state index in [0.717, 1.165) is 36.9 Å². The van der Waals surface area contributed by atoms with Crippen LogP contribution >= 0.6 is 0 Å². The smallest absolute Gasteiger partial charge is 0.319 e.